The van der Waals surface area contributed by atoms with Crippen LogP contribution < -0.4 is 4.90 Å². The highest BCUT2D eigenvalue weighted by Crippen LogP contribution is 2.32. The summed E-state index contributed by atoms with van der Waals surface area (Å²) in [5.74, 6) is -0.467. The van der Waals surface area contributed by atoms with Gasteiger partial charge in [-0.15, -0.1) is 16.8 Å². The third kappa shape index (κ3) is 4.52. The normalized spacial score (nSPS) is 21.6. The molecule has 1 atom stereocenters. The lowest BCUT2D eigenvalue weighted by Crippen LogP contribution is -2.56. The smallest absolute Gasteiger partial charge is 0.329 e. The predicted octanol–water partition coefficient (Wildman–Crippen LogP) is 2.21. The quantitative estimate of drug-likeness (QED) is 0.388. The van der Waals surface area contributed by atoms with Crippen LogP contribution in [0.1, 0.15) is 38.5 Å². The first-order valence-electron chi connectivity index (χ1n) is 9.24. The van der Waals surface area contributed by atoms with Crippen LogP contribution in [0.5, 0.6) is 0 Å². The molecule has 1 aliphatic heterocycles. The zero-order valence-electron chi connectivity index (χ0n) is 15.7. The highest BCUT2D eigenvalue weighted by molar-refractivity contribution is 7.92. The third-order valence-corrected chi connectivity index (χ3v) is 7.46. The van der Waals surface area contributed by atoms with E-state index in [-0.39, 0.29) is 21.4 Å². The summed E-state index contributed by atoms with van der Waals surface area (Å²) in [7, 11) is -3.55. The Balaban J connectivity index is 1.84. The molecule has 28 heavy (non-hydrogen) atoms. The van der Waals surface area contributed by atoms with Crippen LogP contribution >= 0.6 is 11.3 Å². The van der Waals surface area contributed by atoms with Gasteiger partial charge >= 0.3 is 12.0 Å². The topological polar surface area (TPSA) is 110 Å². The molecule has 9 nitrogen and oxygen atoms in total. The number of anilines is 1. The van der Waals surface area contributed by atoms with E-state index in [0.717, 1.165) is 49.7 Å². The summed E-state index contributed by atoms with van der Waals surface area (Å²) in [6.07, 6.45) is 6.88. The SMILES string of the molecule is C=CCN1CCC(OC(=O)C2CCCCC2)N(c2nnc(S(C)(=O)=O)s2)C1=O. The summed E-state index contributed by atoms with van der Waals surface area (Å²) in [4.78, 5) is 28.3. The van der Waals surface area contributed by atoms with Crippen LogP contribution in [0.2, 0.25) is 0 Å². The maximum Gasteiger partial charge on any atom is 0.329 e. The molecule has 0 spiro atoms. The lowest BCUT2D eigenvalue weighted by Gasteiger charge is -2.39. The van der Waals surface area contributed by atoms with E-state index in [9.17, 15) is 18.0 Å². The van der Waals surface area contributed by atoms with E-state index >= 15 is 0 Å². The Hall–Kier alpha value is -2.01. The minimum atomic E-state index is -3.55. The Morgan fingerprint density at radius 1 is 1.29 bits per heavy atom. The molecule has 2 amide bonds. The molecule has 0 bridgehead atoms. The van der Waals surface area contributed by atoms with E-state index in [1.54, 1.807) is 11.0 Å². The first-order valence-corrected chi connectivity index (χ1v) is 11.9. The fourth-order valence-electron chi connectivity index (χ4n) is 3.43. The number of rotatable bonds is 6. The van der Waals surface area contributed by atoms with Crippen molar-refractivity contribution in [3.8, 4) is 0 Å². The summed E-state index contributed by atoms with van der Waals surface area (Å²) >= 11 is 0.788. The zero-order valence-corrected chi connectivity index (χ0v) is 17.4. The summed E-state index contributed by atoms with van der Waals surface area (Å²) in [6.45, 7) is 4.38. The average Bonchev–Trinajstić information content (AvgIpc) is 3.15. The second kappa shape index (κ2) is 8.56. The molecular formula is C17H24N4O5S2. The van der Waals surface area contributed by atoms with Gasteiger partial charge < -0.3 is 9.64 Å². The molecule has 0 radical (unpaired) electrons. The lowest BCUT2D eigenvalue weighted by atomic mass is 9.89. The van der Waals surface area contributed by atoms with Crippen molar-refractivity contribution in [2.45, 2.75) is 49.1 Å². The molecular weight excluding hydrogens is 404 g/mol. The average molecular weight is 429 g/mol. The van der Waals surface area contributed by atoms with Gasteiger partial charge in [-0.3, -0.25) is 4.79 Å². The van der Waals surface area contributed by atoms with Crippen molar-refractivity contribution in [3.05, 3.63) is 12.7 Å². The fourth-order valence-corrected chi connectivity index (χ4v) is 5.06. The van der Waals surface area contributed by atoms with Crippen LogP contribution in [0.4, 0.5) is 9.93 Å². The highest BCUT2D eigenvalue weighted by Gasteiger charge is 2.39. The summed E-state index contributed by atoms with van der Waals surface area (Å²) in [5, 5.41) is 7.65. The second-order valence-corrected chi connectivity index (χ2v) is 10.2. The van der Waals surface area contributed by atoms with Crippen LogP contribution in [-0.2, 0) is 19.4 Å². The van der Waals surface area contributed by atoms with Gasteiger partial charge in [-0.25, -0.2) is 18.1 Å². The molecule has 2 fully saturated rings. The molecule has 11 heteroatoms. The van der Waals surface area contributed by atoms with Gasteiger partial charge in [-0.1, -0.05) is 36.7 Å². The van der Waals surface area contributed by atoms with Crippen molar-refractivity contribution in [1.82, 2.24) is 15.1 Å². The van der Waals surface area contributed by atoms with Crippen LogP contribution in [0, 0.1) is 5.92 Å². The van der Waals surface area contributed by atoms with Gasteiger partial charge in [-0.05, 0) is 12.8 Å². The number of carbonyl (C=O) groups excluding carboxylic acids is 2. The van der Waals surface area contributed by atoms with Crippen molar-refractivity contribution in [2.75, 3.05) is 24.2 Å². The highest BCUT2D eigenvalue weighted by atomic mass is 32.2. The maximum atomic E-state index is 12.9. The van der Waals surface area contributed by atoms with Gasteiger partial charge in [0.25, 0.3) is 0 Å². The van der Waals surface area contributed by atoms with Gasteiger partial charge in [0.1, 0.15) is 0 Å². The number of ether oxygens (including phenoxy) is 1. The second-order valence-electron chi connectivity index (χ2n) is 7.03. The number of aromatic nitrogens is 2. The largest absolute Gasteiger partial charge is 0.441 e. The van der Waals surface area contributed by atoms with Crippen LogP contribution in [0.25, 0.3) is 0 Å². The Kier molecular flexibility index (Phi) is 6.33. The van der Waals surface area contributed by atoms with Crippen molar-refractivity contribution in [2.24, 2.45) is 5.92 Å². The van der Waals surface area contributed by atoms with Crippen molar-refractivity contribution in [1.29, 1.82) is 0 Å². The molecule has 1 saturated heterocycles. The molecule has 1 unspecified atom stereocenters. The first kappa shape index (κ1) is 20.7. The number of carbonyl (C=O) groups is 2. The van der Waals surface area contributed by atoms with Gasteiger partial charge in [-0.2, -0.15) is 0 Å². The summed E-state index contributed by atoms with van der Waals surface area (Å²) in [6, 6.07) is -0.413. The monoisotopic (exact) mass is 428 g/mol. The molecule has 1 aromatic rings. The van der Waals surface area contributed by atoms with E-state index in [2.05, 4.69) is 16.8 Å². The number of sulfone groups is 1. The predicted molar refractivity (Wildman–Crippen MR) is 104 cm³/mol. The molecule has 1 saturated carbocycles. The van der Waals surface area contributed by atoms with Gasteiger partial charge in [0, 0.05) is 25.8 Å². The Labute approximate surface area is 168 Å². The minimum absolute atomic E-state index is 0.0978. The van der Waals surface area contributed by atoms with E-state index in [0.29, 0.717) is 19.5 Å². The van der Waals surface area contributed by atoms with Crippen molar-refractivity contribution < 1.29 is 22.7 Å². The molecule has 2 aliphatic rings. The van der Waals surface area contributed by atoms with Gasteiger partial charge in [0.05, 0.1) is 5.92 Å². The number of amides is 2. The van der Waals surface area contributed by atoms with E-state index in [1.807, 2.05) is 0 Å². The summed E-state index contributed by atoms with van der Waals surface area (Å²) in [5.41, 5.74) is 0. The number of hydrogen-bond acceptors (Lipinski definition) is 8. The fraction of sp³-hybridized carbons (Fsp3) is 0.647. The van der Waals surface area contributed by atoms with Crippen molar-refractivity contribution in [3.63, 3.8) is 0 Å². The molecule has 2 heterocycles. The summed E-state index contributed by atoms with van der Waals surface area (Å²) < 4.78 is 29.0. The Bertz CT molecular complexity index is 847. The van der Waals surface area contributed by atoms with Crippen molar-refractivity contribution >= 4 is 38.3 Å². The Morgan fingerprint density at radius 3 is 2.61 bits per heavy atom. The minimum Gasteiger partial charge on any atom is -0.441 e. The number of nitrogens with zero attached hydrogens (tertiary/aromatic N) is 4. The van der Waals surface area contributed by atoms with E-state index in [1.165, 1.54) is 4.90 Å². The van der Waals surface area contributed by atoms with E-state index in [4.69, 9.17) is 4.74 Å². The number of urea groups is 1. The van der Waals surface area contributed by atoms with Crippen LogP contribution in [-0.4, -0.2) is 61.1 Å². The molecule has 0 aromatic carbocycles. The molecule has 1 aliphatic carbocycles. The van der Waals surface area contributed by atoms with Gasteiger partial charge in [0.2, 0.25) is 19.3 Å². The molecule has 3 rings (SSSR count). The lowest BCUT2D eigenvalue weighted by molar-refractivity contribution is -0.155. The third-order valence-electron chi connectivity index (χ3n) is 4.87. The Morgan fingerprint density at radius 2 is 2.00 bits per heavy atom. The number of esters is 1. The van der Waals surface area contributed by atoms with Crippen LogP contribution in [0.15, 0.2) is 17.0 Å². The molecule has 154 valence electrons. The number of hydrogen-bond donors (Lipinski definition) is 0. The first-order chi connectivity index (χ1) is 13.3. The van der Waals surface area contributed by atoms with Crippen LogP contribution in [0.3, 0.4) is 0 Å². The standard InChI is InChI=1S/C17H24N4O5S2/c1-3-10-20-11-9-13(26-14(22)12-7-5-4-6-8-12)21(17(20)23)15-18-19-16(27-15)28(2,24)25/h3,12-13H,1,4-11H2,2H3. The molecule has 1 aromatic heterocycles. The van der Waals surface area contributed by atoms with E-state index < -0.39 is 22.1 Å². The molecule has 0 N–H and O–H groups in total. The zero-order chi connectivity index (χ0) is 20.3. The van der Waals surface area contributed by atoms with Gasteiger partial charge in [0.15, 0.2) is 6.23 Å². The maximum absolute atomic E-state index is 12.9.